The number of aromatic nitrogens is 3. The molecule has 26 heavy (non-hydrogen) atoms. The second-order valence-corrected chi connectivity index (χ2v) is 6.72. The van der Waals surface area contributed by atoms with Gasteiger partial charge in [-0.05, 0) is 37.8 Å². The number of nitrogens with one attached hydrogen (secondary N) is 1. The maximum Gasteiger partial charge on any atom is 0.253 e. The minimum Gasteiger partial charge on any atom is -0.363 e. The molecule has 8 heteroatoms. The van der Waals surface area contributed by atoms with Gasteiger partial charge >= 0.3 is 0 Å². The van der Waals surface area contributed by atoms with Crippen LogP contribution in [-0.2, 0) is 9.53 Å². The topological polar surface area (TPSA) is 80.2 Å². The Morgan fingerprint density at radius 1 is 1.35 bits per heavy atom. The van der Waals surface area contributed by atoms with Gasteiger partial charge in [0.1, 0.15) is 6.10 Å². The molecule has 0 saturated carbocycles. The van der Waals surface area contributed by atoms with Crippen LogP contribution in [0.4, 0.5) is 16.0 Å². The quantitative estimate of drug-likeness (QED) is 0.904. The highest BCUT2D eigenvalue weighted by molar-refractivity contribution is 5.94. The smallest absolute Gasteiger partial charge is 0.253 e. The molecule has 0 aromatic carbocycles. The molecule has 2 fully saturated rings. The van der Waals surface area contributed by atoms with Gasteiger partial charge in [-0.15, -0.1) is 0 Å². The number of carbonyl (C=O) groups excluding carboxylic acids is 1. The van der Waals surface area contributed by atoms with Crippen LogP contribution in [-0.4, -0.2) is 46.2 Å². The summed E-state index contributed by atoms with van der Waals surface area (Å²) in [7, 11) is 0. The molecule has 2 aromatic rings. The molecular weight excluding hydrogens is 337 g/mol. The van der Waals surface area contributed by atoms with Crippen molar-refractivity contribution in [1.82, 2.24) is 15.0 Å². The van der Waals surface area contributed by atoms with Crippen LogP contribution in [0, 0.1) is 18.7 Å². The van der Waals surface area contributed by atoms with Crippen LogP contribution in [0.2, 0.25) is 0 Å². The highest BCUT2D eigenvalue weighted by atomic mass is 19.1. The number of piperidine rings is 1. The Kier molecular flexibility index (Phi) is 4.50. The number of hydrogen-bond acceptors (Lipinski definition) is 6. The molecule has 7 nitrogen and oxygen atoms in total. The van der Waals surface area contributed by atoms with Crippen molar-refractivity contribution in [3.63, 3.8) is 0 Å². The van der Waals surface area contributed by atoms with E-state index in [1.54, 1.807) is 12.3 Å². The van der Waals surface area contributed by atoms with Gasteiger partial charge in [0.2, 0.25) is 5.95 Å². The molecule has 0 aliphatic carbocycles. The molecule has 2 saturated heterocycles. The Morgan fingerprint density at radius 3 is 2.92 bits per heavy atom. The lowest BCUT2D eigenvalue weighted by Crippen LogP contribution is -2.43. The van der Waals surface area contributed by atoms with E-state index < -0.39 is 11.9 Å². The largest absolute Gasteiger partial charge is 0.363 e. The molecule has 1 N–H and O–H groups in total. The molecule has 0 unspecified atom stereocenters. The highest BCUT2D eigenvalue weighted by Gasteiger charge is 2.42. The second kappa shape index (κ2) is 6.95. The van der Waals surface area contributed by atoms with E-state index in [0.717, 1.165) is 31.1 Å². The van der Waals surface area contributed by atoms with Crippen molar-refractivity contribution in [1.29, 1.82) is 0 Å². The van der Waals surface area contributed by atoms with Gasteiger partial charge in [-0.1, -0.05) is 0 Å². The van der Waals surface area contributed by atoms with Crippen LogP contribution >= 0.6 is 0 Å². The first-order valence-corrected chi connectivity index (χ1v) is 8.70. The van der Waals surface area contributed by atoms with E-state index in [0.29, 0.717) is 30.5 Å². The number of amides is 1. The third-order valence-electron chi connectivity index (χ3n) is 5.00. The van der Waals surface area contributed by atoms with Crippen LogP contribution < -0.4 is 10.2 Å². The molecule has 1 amide bonds. The molecule has 2 aliphatic rings. The van der Waals surface area contributed by atoms with Gasteiger partial charge < -0.3 is 15.0 Å². The number of carbonyl (C=O) groups is 1. The van der Waals surface area contributed by atoms with Crippen LogP contribution in [0.15, 0.2) is 30.7 Å². The maximum absolute atomic E-state index is 13.0. The van der Waals surface area contributed by atoms with Gasteiger partial charge in [-0.2, -0.15) is 0 Å². The van der Waals surface area contributed by atoms with Crippen LogP contribution in [0.1, 0.15) is 18.5 Å². The molecule has 136 valence electrons. The van der Waals surface area contributed by atoms with Gasteiger partial charge in [0.15, 0.2) is 5.82 Å². The Bertz CT molecular complexity index is 800. The van der Waals surface area contributed by atoms with Crippen molar-refractivity contribution in [2.24, 2.45) is 5.92 Å². The minimum atomic E-state index is -0.473. The van der Waals surface area contributed by atoms with Gasteiger partial charge in [0.05, 0.1) is 29.9 Å². The molecule has 3 atom stereocenters. The zero-order valence-electron chi connectivity index (χ0n) is 14.4. The SMILES string of the molecule is Cc1ncccc1NC(=O)[C@@H]1C[C@@H]2CCN(c3ncc(F)cn3)C[C@H]2O1. The number of pyridine rings is 1. The number of fused-ring (bicyclic) bond motifs is 1. The third kappa shape index (κ3) is 3.37. The average Bonchev–Trinajstić information content (AvgIpc) is 3.07. The number of ether oxygens (including phenoxy) is 1. The highest BCUT2D eigenvalue weighted by Crippen LogP contribution is 2.34. The lowest BCUT2D eigenvalue weighted by molar-refractivity contribution is -0.126. The fourth-order valence-corrected chi connectivity index (χ4v) is 3.58. The molecule has 0 spiro atoms. The first-order chi connectivity index (χ1) is 12.6. The van der Waals surface area contributed by atoms with E-state index in [4.69, 9.17) is 4.74 Å². The van der Waals surface area contributed by atoms with Crippen molar-refractivity contribution < 1.29 is 13.9 Å². The molecule has 0 radical (unpaired) electrons. The van der Waals surface area contributed by atoms with E-state index in [9.17, 15) is 9.18 Å². The molecule has 4 rings (SSSR count). The number of rotatable bonds is 3. The Morgan fingerprint density at radius 2 is 2.15 bits per heavy atom. The lowest BCUT2D eigenvalue weighted by Gasteiger charge is -2.33. The fourth-order valence-electron chi connectivity index (χ4n) is 3.58. The van der Waals surface area contributed by atoms with E-state index in [1.165, 1.54) is 0 Å². The van der Waals surface area contributed by atoms with E-state index in [2.05, 4.69) is 20.3 Å². The minimum absolute atomic E-state index is 0.0526. The summed E-state index contributed by atoms with van der Waals surface area (Å²) in [6.07, 6.45) is 5.08. The number of anilines is 2. The first-order valence-electron chi connectivity index (χ1n) is 8.70. The summed E-state index contributed by atoms with van der Waals surface area (Å²) in [5, 5.41) is 2.90. The maximum atomic E-state index is 13.0. The molecule has 2 aliphatic heterocycles. The predicted octanol–water partition coefficient (Wildman–Crippen LogP) is 1.94. The summed E-state index contributed by atoms with van der Waals surface area (Å²) in [4.78, 5) is 26.8. The second-order valence-electron chi connectivity index (χ2n) is 6.72. The van der Waals surface area contributed by atoms with E-state index >= 15 is 0 Å². The van der Waals surface area contributed by atoms with Gasteiger partial charge in [-0.3, -0.25) is 9.78 Å². The van der Waals surface area contributed by atoms with Gasteiger partial charge in [-0.25, -0.2) is 14.4 Å². The summed E-state index contributed by atoms with van der Waals surface area (Å²) in [5.41, 5.74) is 1.48. The van der Waals surface area contributed by atoms with Crippen molar-refractivity contribution in [3.05, 3.63) is 42.2 Å². The normalized spacial score (nSPS) is 25.0. The van der Waals surface area contributed by atoms with Gasteiger partial charge in [0, 0.05) is 19.3 Å². The summed E-state index contributed by atoms with van der Waals surface area (Å²) in [5.74, 6) is 0.230. The zero-order chi connectivity index (χ0) is 18.1. The number of aryl methyl sites for hydroxylation is 1. The summed E-state index contributed by atoms with van der Waals surface area (Å²) < 4.78 is 19.0. The first kappa shape index (κ1) is 16.8. The van der Waals surface area contributed by atoms with Gasteiger partial charge in [0.25, 0.3) is 5.91 Å². The Labute approximate surface area is 150 Å². The molecular formula is C18H20FN5O2. The zero-order valence-corrected chi connectivity index (χ0v) is 14.4. The van der Waals surface area contributed by atoms with Crippen LogP contribution in [0.5, 0.6) is 0 Å². The Balaban J connectivity index is 1.39. The molecule has 4 heterocycles. The van der Waals surface area contributed by atoms with Crippen LogP contribution in [0.25, 0.3) is 0 Å². The lowest BCUT2D eigenvalue weighted by atomic mass is 9.92. The van der Waals surface area contributed by atoms with Crippen molar-refractivity contribution in [2.75, 3.05) is 23.3 Å². The average molecular weight is 357 g/mol. The van der Waals surface area contributed by atoms with E-state index in [1.807, 2.05) is 17.9 Å². The van der Waals surface area contributed by atoms with Crippen molar-refractivity contribution in [3.8, 4) is 0 Å². The predicted molar refractivity (Wildman–Crippen MR) is 93.2 cm³/mol. The number of hydrogen-bond donors (Lipinski definition) is 1. The molecule has 2 aromatic heterocycles. The van der Waals surface area contributed by atoms with E-state index in [-0.39, 0.29) is 12.0 Å². The van der Waals surface area contributed by atoms with Crippen LogP contribution in [0.3, 0.4) is 0 Å². The summed E-state index contributed by atoms with van der Waals surface area (Å²) in [6.45, 7) is 3.23. The van der Waals surface area contributed by atoms with Crippen molar-refractivity contribution >= 4 is 17.5 Å². The number of nitrogens with zero attached hydrogens (tertiary/aromatic N) is 4. The monoisotopic (exact) mass is 357 g/mol. The number of halogens is 1. The summed E-state index contributed by atoms with van der Waals surface area (Å²) in [6, 6.07) is 3.62. The van der Waals surface area contributed by atoms with Crippen molar-refractivity contribution in [2.45, 2.75) is 32.0 Å². The molecule has 0 bridgehead atoms. The standard InChI is InChI=1S/C18H20FN5O2/c1-11-14(3-2-5-20-11)23-17(25)15-7-12-4-6-24(10-16(12)26-15)18-21-8-13(19)9-22-18/h2-3,5,8-9,12,15-16H,4,6-7,10H2,1H3,(H,23,25)/t12-,15-,16+/m0/s1. The third-order valence-corrected chi connectivity index (χ3v) is 5.00. The summed E-state index contributed by atoms with van der Waals surface area (Å²) >= 11 is 0. The fraction of sp³-hybridized carbons (Fsp3) is 0.444. The Hall–Kier alpha value is -2.61.